The van der Waals surface area contributed by atoms with E-state index in [-0.39, 0.29) is 18.0 Å². The first-order valence-corrected chi connectivity index (χ1v) is 11.0. The first kappa shape index (κ1) is 21.9. The normalized spacial score (nSPS) is 11.6. The number of aromatic nitrogens is 2. The fraction of sp³-hybridized carbons (Fsp3) is 0.174. The van der Waals surface area contributed by atoms with Crippen LogP contribution in [0.4, 0.5) is 18.9 Å². The van der Waals surface area contributed by atoms with E-state index in [0.29, 0.717) is 12.1 Å². The van der Waals surface area contributed by atoms with Gasteiger partial charge < -0.3 is 9.46 Å². The molecule has 0 radical (unpaired) electrons. The zero-order valence-electron chi connectivity index (χ0n) is 17.1. The molecule has 1 heterocycles. The standard InChI is InChI=1S/C23H20F3N3O2S/c1-32-27-18-10-6-16(7-11-18)14-28-20-4-2-3-5-21(20)29(22(28)30)15-17-8-12-19(13-9-17)31-23(24,25)26/h2-13,27H,14-15H2,1H3. The van der Waals surface area contributed by atoms with Gasteiger partial charge in [-0.05, 0) is 47.5 Å². The number of fused-ring (bicyclic) bond motifs is 1. The van der Waals surface area contributed by atoms with Crippen molar-refractivity contribution in [2.24, 2.45) is 0 Å². The fourth-order valence-electron chi connectivity index (χ4n) is 3.54. The average molecular weight is 459 g/mol. The Morgan fingerprint density at radius 1 is 0.844 bits per heavy atom. The van der Waals surface area contributed by atoms with Crippen LogP contribution in [0.3, 0.4) is 0 Å². The van der Waals surface area contributed by atoms with Gasteiger partial charge in [0.1, 0.15) is 5.75 Å². The molecule has 32 heavy (non-hydrogen) atoms. The van der Waals surface area contributed by atoms with E-state index in [9.17, 15) is 18.0 Å². The summed E-state index contributed by atoms with van der Waals surface area (Å²) in [4.78, 5) is 13.3. The van der Waals surface area contributed by atoms with E-state index in [2.05, 4.69) is 9.46 Å². The van der Waals surface area contributed by atoms with E-state index in [1.165, 1.54) is 36.2 Å². The molecule has 4 aromatic rings. The van der Waals surface area contributed by atoms with Gasteiger partial charge in [0.2, 0.25) is 0 Å². The van der Waals surface area contributed by atoms with Crippen LogP contribution in [0.25, 0.3) is 11.0 Å². The summed E-state index contributed by atoms with van der Waals surface area (Å²) in [6.07, 6.45) is -2.80. The summed E-state index contributed by atoms with van der Waals surface area (Å²) in [5, 5.41) is 0. The highest BCUT2D eigenvalue weighted by Crippen LogP contribution is 2.23. The highest BCUT2D eigenvalue weighted by Gasteiger charge is 2.31. The first-order chi connectivity index (χ1) is 15.3. The molecule has 0 amide bonds. The Morgan fingerprint density at radius 3 is 1.81 bits per heavy atom. The van der Waals surface area contributed by atoms with Crippen molar-refractivity contribution in [1.82, 2.24) is 9.13 Å². The Balaban J connectivity index is 1.63. The highest BCUT2D eigenvalue weighted by atomic mass is 32.2. The number of hydrogen-bond acceptors (Lipinski definition) is 4. The molecule has 5 nitrogen and oxygen atoms in total. The van der Waals surface area contributed by atoms with Crippen molar-refractivity contribution in [3.05, 3.63) is 94.4 Å². The van der Waals surface area contributed by atoms with Gasteiger partial charge in [-0.2, -0.15) is 0 Å². The quantitative estimate of drug-likeness (QED) is 0.372. The van der Waals surface area contributed by atoms with Crippen molar-refractivity contribution >= 4 is 28.7 Å². The van der Waals surface area contributed by atoms with Crippen LogP contribution in [0.5, 0.6) is 5.75 Å². The summed E-state index contributed by atoms with van der Waals surface area (Å²) in [5.41, 5.74) is 4.02. The Bertz CT molecular complexity index is 1260. The van der Waals surface area contributed by atoms with E-state index in [0.717, 1.165) is 22.3 Å². The third kappa shape index (κ3) is 4.94. The number of hydrogen-bond donors (Lipinski definition) is 1. The summed E-state index contributed by atoms with van der Waals surface area (Å²) < 4.78 is 47.6. The number of rotatable bonds is 7. The Kier molecular flexibility index (Phi) is 6.18. The van der Waals surface area contributed by atoms with Crippen molar-refractivity contribution in [2.45, 2.75) is 19.5 Å². The first-order valence-electron chi connectivity index (χ1n) is 9.75. The molecule has 4 rings (SSSR count). The van der Waals surface area contributed by atoms with E-state index < -0.39 is 6.36 Å². The van der Waals surface area contributed by atoms with Crippen molar-refractivity contribution in [3.8, 4) is 5.75 Å². The summed E-state index contributed by atoms with van der Waals surface area (Å²) in [6, 6.07) is 20.9. The zero-order valence-corrected chi connectivity index (χ0v) is 17.9. The molecule has 0 saturated carbocycles. The molecule has 0 bridgehead atoms. The Morgan fingerprint density at radius 2 is 1.34 bits per heavy atom. The van der Waals surface area contributed by atoms with Crippen LogP contribution < -0.4 is 15.1 Å². The predicted octanol–water partition coefficient (Wildman–Crippen LogP) is 5.49. The van der Waals surface area contributed by atoms with Crippen molar-refractivity contribution in [1.29, 1.82) is 0 Å². The SMILES string of the molecule is CSNc1ccc(Cn2c(=O)n(Cc3ccc(OC(F)(F)F)cc3)c3ccccc32)cc1. The molecule has 1 N–H and O–H groups in total. The molecule has 0 fully saturated rings. The topological polar surface area (TPSA) is 48.2 Å². The number of para-hydroxylation sites is 2. The third-order valence-corrected chi connectivity index (χ3v) is 5.38. The van der Waals surface area contributed by atoms with Crippen molar-refractivity contribution < 1.29 is 17.9 Å². The fourth-order valence-corrected chi connectivity index (χ4v) is 3.91. The van der Waals surface area contributed by atoms with E-state index in [4.69, 9.17) is 0 Å². The van der Waals surface area contributed by atoms with E-state index in [1.54, 1.807) is 9.13 Å². The minimum atomic E-state index is -4.74. The van der Waals surface area contributed by atoms with Gasteiger partial charge in [-0.15, -0.1) is 13.2 Å². The molecule has 1 aromatic heterocycles. The monoisotopic (exact) mass is 459 g/mol. The number of anilines is 1. The summed E-state index contributed by atoms with van der Waals surface area (Å²) in [7, 11) is 0. The van der Waals surface area contributed by atoms with Crippen LogP contribution in [0.1, 0.15) is 11.1 Å². The van der Waals surface area contributed by atoms with Gasteiger partial charge >= 0.3 is 12.1 Å². The van der Waals surface area contributed by atoms with E-state index >= 15 is 0 Å². The Labute approximate surface area is 186 Å². The lowest BCUT2D eigenvalue weighted by atomic mass is 10.2. The van der Waals surface area contributed by atoms with E-state index in [1.807, 2.05) is 54.8 Å². The van der Waals surface area contributed by atoms with Gasteiger partial charge in [0.15, 0.2) is 0 Å². The number of nitrogens with zero attached hydrogens (tertiary/aromatic N) is 2. The number of imidazole rings is 1. The van der Waals surface area contributed by atoms with Gasteiger partial charge in [-0.25, -0.2) is 4.79 Å². The highest BCUT2D eigenvalue weighted by molar-refractivity contribution is 7.99. The second kappa shape index (κ2) is 9.04. The summed E-state index contributed by atoms with van der Waals surface area (Å²) >= 11 is 1.50. The second-order valence-electron chi connectivity index (χ2n) is 7.14. The molecular weight excluding hydrogens is 439 g/mol. The molecule has 0 saturated heterocycles. The number of ether oxygens (including phenoxy) is 1. The summed E-state index contributed by atoms with van der Waals surface area (Å²) in [5.74, 6) is -0.296. The van der Waals surface area contributed by atoms with Gasteiger partial charge in [0.25, 0.3) is 0 Å². The zero-order chi connectivity index (χ0) is 22.7. The van der Waals surface area contributed by atoms with Crippen molar-refractivity contribution in [2.75, 3.05) is 11.0 Å². The maximum atomic E-state index is 13.3. The Hall–Kier alpha value is -3.33. The average Bonchev–Trinajstić information content (AvgIpc) is 3.01. The molecule has 0 aliphatic rings. The van der Waals surface area contributed by atoms with Gasteiger partial charge in [0.05, 0.1) is 24.1 Å². The minimum absolute atomic E-state index is 0.187. The van der Waals surface area contributed by atoms with Crippen LogP contribution in [0.2, 0.25) is 0 Å². The number of nitrogens with one attached hydrogen (secondary N) is 1. The molecule has 3 aromatic carbocycles. The van der Waals surface area contributed by atoms with Crippen LogP contribution in [0, 0.1) is 0 Å². The van der Waals surface area contributed by atoms with Crippen LogP contribution >= 0.6 is 11.9 Å². The largest absolute Gasteiger partial charge is 0.573 e. The van der Waals surface area contributed by atoms with Gasteiger partial charge in [-0.1, -0.05) is 48.3 Å². The van der Waals surface area contributed by atoms with Crippen LogP contribution in [-0.2, 0) is 13.1 Å². The minimum Gasteiger partial charge on any atom is -0.406 e. The lowest BCUT2D eigenvalue weighted by Crippen LogP contribution is -2.25. The molecule has 0 atom stereocenters. The van der Waals surface area contributed by atoms with Gasteiger partial charge in [0, 0.05) is 11.9 Å². The molecule has 166 valence electrons. The molecule has 0 spiro atoms. The maximum absolute atomic E-state index is 13.3. The number of halogens is 3. The third-order valence-electron chi connectivity index (χ3n) is 4.94. The van der Waals surface area contributed by atoms with Crippen LogP contribution in [-0.4, -0.2) is 21.8 Å². The lowest BCUT2D eigenvalue weighted by Gasteiger charge is -2.09. The summed E-state index contributed by atoms with van der Waals surface area (Å²) in [6.45, 7) is 0.638. The number of alkyl halides is 3. The maximum Gasteiger partial charge on any atom is 0.573 e. The molecular formula is C23H20F3N3O2S. The lowest BCUT2D eigenvalue weighted by molar-refractivity contribution is -0.274. The van der Waals surface area contributed by atoms with Gasteiger partial charge in [-0.3, -0.25) is 9.13 Å². The molecule has 0 unspecified atom stereocenters. The predicted molar refractivity (Wildman–Crippen MR) is 121 cm³/mol. The van der Waals surface area contributed by atoms with Crippen LogP contribution in [0.15, 0.2) is 77.6 Å². The molecule has 0 aliphatic heterocycles. The number of benzene rings is 3. The van der Waals surface area contributed by atoms with Crippen molar-refractivity contribution in [3.63, 3.8) is 0 Å². The second-order valence-corrected chi connectivity index (χ2v) is 7.75. The smallest absolute Gasteiger partial charge is 0.406 e. The molecule has 0 aliphatic carbocycles. The molecule has 9 heteroatoms.